The fourth-order valence-corrected chi connectivity index (χ4v) is 6.69. The first-order valence-corrected chi connectivity index (χ1v) is 14.1. The van der Waals surface area contributed by atoms with Crippen molar-refractivity contribution >= 4 is 53.9 Å². The monoisotopic (exact) mass is 553 g/mol. The Kier molecular flexibility index (Phi) is 3.16. The Morgan fingerprint density at radius 2 is 1.14 bits per heavy atom. The van der Waals surface area contributed by atoms with E-state index in [1.54, 1.807) is 0 Å². The van der Waals surface area contributed by atoms with Crippen LogP contribution in [0.25, 0.3) is 87.2 Å². The van der Waals surface area contributed by atoms with Gasteiger partial charge in [0.25, 0.3) is 0 Å². The van der Waals surface area contributed by atoms with Crippen LogP contribution in [0.2, 0.25) is 0 Å². The second kappa shape index (κ2) is 8.44. The van der Waals surface area contributed by atoms with E-state index in [0.29, 0.717) is 5.56 Å². The molecular weight excluding hydrogens is 520 g/mol. The largest absolute Gasteiger partial charge is 0.456 e. The zero-order valence-corrected chi connectivity index (χ0v) is 22.6. The first kappa shape index (κ1) is 16.1. The van der Waals surface area contributed by atoms with Crippen LogP contribution in [0.1, 0.15) is 12.3 Å². The van der Waals surface area contributed by atoms with E-state index < -0.39 is 30.2 Å². The minimum atomic E-state index is -0.493. The Morgan fingerprint density at radius 1 is 0.395 bits per heavy atom. The van der Waals surface area contributed by atoms with Gasteiger partial charge >= 0.3 is 0 Å². The Hall–Kier alpha value is -5.66. The van der Waals surface area contributed by atoms with Crippen LogP contribution >= 0.6 is 0 Å². The SMILES string of the molecule is [2H]c1c([2H])c2c([2H])c([2H])c3c([2H])c([2H])c(-c4cc(-c5ccc6c(c5)-c5cccc7cccc(c57)O6)cc5ccccc45)c4c([2H])c([2H])c(c1[2H])c2c34. The topological polar surface area (TPSA) is 9.23 Å². The fraction of sp³-hybridized carbons (Fsp3) is 0. The number of ether oxygens (including phenoxy) is 1. The zero-order chi connectivity index (χ0) is 35.9. The predicted octanol–water partition coefficient (Wildman–Crippen LogP) is 12.0. The van der Waals surface area contributed by atoms with E-state index in [-0.39, 0.29) is 62.1 Å². The summed E-state index contributed by atoms with van der Waals surface area (Å²) in [5.41, 5.74) is 4.45. The summed E-state index contributed by atoms with van der Waals surface area (Å²) in [4.78, 5) is 0. The van der Waals surface area contributed by atoms with Gasteiger partial charge in [-0.15, -0.1) is 0 Å². The minimum absolute atomic E-state index is 0.0408. The quantitative estimate of drug-likeness (QED) is 0.193. The number of fused-ring (bicyclic) bond motifs is 3. The van der Waals surface area contributed by atoms with Gasteiger partial charge in [0.05, 0.1) is 12.3 Å². The molecule has 1 heterocycles. The molecule has 0 N–H and O–H groups in total. The second-order valence-corrected chi connectivity index (χ2v) is 11.0. The molecule has 0 spiro atoms. The van der Waals surface area contributed by atoms with Crippen molar-refractivity contribution in [2.24, 2.45) is 0 Å². The molecule has 0 saturated carbocycles. The van der Waals surface area contributed by atoms with Crippen LogP contribution in [-0.4, -0.2) is 0 Å². The Morgan fingerprint density at radius 3 is 2.05 bits per heavy atom. The van der Waals surface area contributed by atoms with E-state index in [1.807, 2.05) is 60.7 Å². The van der Waals surface area contributed by atoms with E-state index in [0.717, 1.165) is 55.3 Å². The van der Waals surface area contributed by atoms with Gasteiger partial charge in [-0.2, -0.15) is 0 Å². The van der Waals surface area contributed by atoms with Crippen molar-refractivity contribution in [2.45, 2.75) is 0 Å². The summed E-state index contributed by atoms with van der Waals surface area (Å²) in [6, 6.07) is 26.5. The molecule has 1 nitrogen and oxygen atoms in total. The van der Waals surface area contributed by atoms with Crippen molar-refractivity contribution in [2.75, 3.05) is 0 Å². The van der Waals surface area contributed by atoms with Crippen LogP contribution in [0.15, 0.2) is 145 Å². The summed E-state index contributed by atoms with van der Waals surface area (Å²) in [5, 5.41) is 4.01. The average Bonchev–Trinajstić information content (AvgIpc) is 3.15. The lowest BCUT2D eigenvalue weighted by Crippen LogP contribution is -1.97. The third-order valence-electron chi connectivity index (χ3n) is 8.63. The van der Waals surface area contributed by atoms with Crippen LogP contribution < -0.4 is 4.74 Å². The van der Waals surface area contributed by atoms with Crippen molar-refractivity contribution < 1.29 is 17.1 Å². The van der Waals surface area contributed by atoms with Gasteiger partial charge in [0, 0.05) is 10.9 Å². The van der Waals surface area contributed by atoms with Crippen LogP contribution in [0.5, 0.6) is 11.5 Å². The van der Waals surface area contributed by atoms with Crippen molar-refractivity contribution in [3.63, 3.8) is 0 Å². The molecule has 198 valence electrons. The summed E-state index contributed by atoms with van der Waals surface area (Å²) in [7, 11) is 0. The fourth-order valence-electron chi connectivity index (χ4n) is 6.69. The summed E-state index contributed by atoms with van der Waals surface area (Å²) in [6.07, 6.45) is 0. The lowest BCUT2D eigenvalue weighted by atomic mass is 9.86. The van der Waals surface area contributed by atoms with E-state index in [2.05, 4.69) is 30.3 Å². The van der Waals surface area contributed by atoms with Gasteiger partial charge in [-0.3, -0.25) is 0 Å². The van der Waals surface area contributed by atoms with Gasteiger partial charge < -0.3 is 4.74 Å². The van der Waals surface area contributed by atoms with Gasteiger partial charge in [0.15, 0.2) is 0 Å². The molecule has 0 unspecified atom stereocenters. The van der Waals surface area contributed by atoms with Crippen LogP contribution in [-0.2, 0) is 0 Å². The second-order valence-electron chi connectivity index (χ2n) is 11.0. The summed E-state index contributed by atoms with van der Waals surface area (Å²) < 4.78 is 87.0. The maximum atomic E-state index is 9.42. The van der Waals surface area contributed by atoms with Crippen molar-refractivity contribution in [1.82, 2.24) is 0 Å². The third kappa shape index (κ3) is 3.22. The first-order chi connectivity index (χ1) is 25.1. The number of hydrogen-bond donors (Lipinski definition) is 0. The molecule has 0 atom stereocenters. The highest BCUT2D eigenvalue weighted by Gasteiger charge is 2.21. The highest BCUT2D eigenvalue weighted by molar-refractivity contribution is 6.26. The molecule has 9 aromatic carbocycles. The Labute approximate surface area is 261 Å². The smallest absolute Gasteiger partial charge is 0.135 e. The van der Waals surface area contributed by atoms with Gasteiger partial charge in [-0.25, -0.2) is 0 Å². The van der Waals surface area contributed by atoms with E-state index in [1.165, 1.54) is 0 Å². The maximum absolute atomic E-state index is 9.42. The third-order valence-corrected chi connectivity index (χ3v) is 8.63. The zero-order valence-electron chi connectivity index (χ0n) is 31.6. The van der Waals surface area contributed by atoms with Gasteiger partial charge in [-0.05, 0) is 107 Å². The summed E-state index contributed by atoms with van der Waals surface area (Å²) in [5.74, 6) is 1.53. The summed E-state index contributed by atoms with van der Waals surface area (Å²) >= 11 is 0. The summed E-state index contributed by atoms with van der Waals surface area (Å²) in [6.45, 7) is 0. The average molecular weight is 554 g/mol. The molecule has 1 aliphatic heterocycles. The minimum Gasteiger partial charge on any atom is -0.456 e. The lowest BCUT2D eigenvalue weighted by Gasteiger charge is -2.22. The maximum Gasteiger partial charge on any atom is 0.135 e. The molecule has 43 heavy (non-hydrogen) atoms. The first-order valence-electron chi connectivity index (χ1n) is 18.6. The van der Waals surface area contributed by atoms with Crippen LogP contribution in [0, 0.1) is 0 Å². The van der Waals surface area contributed by atoms with Crippen molar-refractivity contribution in [3.05, 3.63) is 145 Å². The number of benzene rings is 9. The number of rotatable bonds is 2. The molecule has 1 aliphatic rings. The normalized spacial score (nSPS) is 15.3. The Balaban J connectivity index is 1.32. The van der Waals surface area contributed by atoms with Gasteiger partial charge in [0.1, 0.15) is 11.5 Å². The number of hydrogen-bond acceptors (Lipinski definition) is 1. The molecule has 0 radical (unpaired) electrons. The highest BCUT2D eigenvalue weighted by atomic mass is 16.5. The van der Waals surface area contributed by atoms with Crippen LogP contribution in [0.3, 0.4) is 0 Å². The van der Waals surface area contributed by atoms with Gasteiger partial charge in [0.2, 0.25) is 0 Å². The molecule has 0 aliphatic carbocycles. The van der Waals surface area contributed by atoms with Crippen LogP contribution in [0.4, 0.5) is 0 Å². The standard InChI is InChI=1S/C42H24O/c1-2-11-32-30(6-1)22-31(29-18-21-38-37(23-29)34-12-4-9-25-10-5-13-39(43-38)41(25)34)24-36(32)33-19-16-28-15-14-26-7-3-8-27-17-20-35(33)42(28)40(26)27/h1-24H/i3D,7D,8D,14D,15D,16D,17D,19D,20D. The molecule has 0 aromatic heterocycles. The molecule has 1 heteroatoms. The molecule has 10 rings (SSSR count). The Bertz CT molecular complexity index is 3070. The molecule has 9 aromatic rings. The van der Waals surface area contributed by atoms with Crippen molar-refractivity contribution in [1.29, 1.82) is 0 Å². The van der Waals surface area contributed by atoms with E-state index in [4.69, 9.17) is 13.0 Å². The molecule has 0 amide bonds. The van der Waals surface area contributed by atoms with E-state index >= 15 is 0 Å². The molecule has 0 saturated heterocycles. The molecule has 0 bridgehead atoms. The molecule has 0 fully saturated rings. The highest BCUT2D eigenvalue weighted by Crippen LogP contribution is 2.48. The van der Waals surface area contributed by atoms with Crippen molar-refractivity contribution in [3.8, 4) is 44.9 Å². The predicted molar refractivity (Wildman–Crippen MR) is 182 cm³/mol. The lowest BCUT2D eigenvalue weighted by molar-refractivity contribution is 0.487. The molecular formula is C42H24O. The van der Waals surface area contributed by atoms with E-state index in [9.17, 15) is 4.11 Å². The van der Waals surface area contributed by atoms with Gasteiger partial charge in [-0.1, -0.05) is 115 Å².